The van der Waals surface area contributed by atoms with Gasteiger partial charge in [0.05, 0.1) is 11.3 Å². The summed E-state index contributed by atoms with van der Waals surface area (Å²) in [4.78, 5) is 35.6. The molecule has 2 rings (SSSR count). The summed E-state index contributed by atoms with van der Waals surface area (Å²) < 4.78 is 0.637. The maximum absolute atomic E-state index is 12.3. The van der Waals surface area contributed by atoms with Gasteiger partial charge in [0.15, 0.2) is 0 Å². The number of hydrogen-bond acceptors (Lipinski definition) is 3. The van der Waals surface area contributed by atoms with Gasteiger partial charge in [0.1, 0.15) is 0 Å². The summed E-state index contributed by atoms with van der Waals surface area (Å²) >= 11 is 3.25. The number of hydrogen-bond donors (Lipinski definition) is 2. The van der Waals surface area contributed by atoms with Crippen molar-refractivity contribution in [2.75, 3.05) is 10.6 Å². The Morgan fingerprint density at radius 2 is 1.64 bits per heavy atom. The molecule has 0 aromatic heterocycles. The van der Waals surface area contributed by atoms with Gasteiger partial charge in [-0.3, -0.25) is 14.4 Å². The van der Waals surface area contributed by atoms with Crippen molar-refractivity contribution >= 4 is 44.9 Å². The van der Waals surface area contributed by atoms with Crippen LogP contribution in [0.4, 0.5) is 11.4 Å². The van der Waals surface area contributed by atoms with Crippen LogP contribution in [-0.2, 0) is 9.59 Å². The SMILES string of the molecule is CC(=O)Nc1ccc(Br)cc1C(=O)C(=O)Nc1ccccc1. The van der Waals surface area contributed by atoms with Gasteiger partial charge in [-0.2, -0.15) is 0 Å². The van der Waals surface area contributed by atoms with Crippen LogP contribution in [0.5, 0.6) is 0 Å². The zero-order valence-corrected chi connectivity index (χ0v) is 13.3. The normalized spacial score (nSPS) is 9.91. The first-order valence-corrected chi connectivity index (χ1v) is 7.24. The molecule has 0 fully saturated rings. The standard InChI is InChI=1S/C16H13BrN2O3/c1-10(20)18-14-8-7-11(17)9-13(14)15(21)16(22)19-12-5-3-2-4-6-12/h2-9H,1H3,(H,18,20)(H,19,22). The van der Waals surface area contributed by atoms with E-state index in [2.05, 4.69) is 26.6 Å². The lowest BCUT2D eigenvalue weighted by atomic mass is 10.1. The molecule has 2 N–H and O–H groups in total. The highest BCUT2D eigenvalue weighted by molar-refractivity contribution is 9.10. The van der Waals surface area contributed by atoms with E-state index in [9.17, 15) is 14.4 Å². The molecule has 0 radical (unpaired) electrons. The first-order chi connectivity index (χ1) is 10.5. The van der Waals surface area contributed by atoms with Crippen LogP contribution >= 0.6 is 15.9 Å². The number of amides is 2. The van der Waals surface area contributed by atoms with Gasteiger partial charge in [0.25, 0.3) is 11.7 Å². The largest absolute Gasteiger partial charge is 0.326 e. The molecule has 0 spiro atoms. The quantitative estimate of drug-likeness (QED) is 0.649. The van der Waals surface area contributed by atoms with E-state index in [-0.39, 0.29) is 11.5 Å². The number of carbonyl (C=O) groups is 3. The van der Waals surface area contributed by atoms with Crippen molar-refractivity contribution in [1.82, 2.24) is 0 Å². The van der Waals surface area contributed by atoms with Crippen LogP contribution in [0.2, 0.25) is 0 Å². The number of nitrogens with one attached hydrogen (secondary N) is 2. The summed E-state index contributed by atoms with van der Waals surface area (Å²) in [5, 5.41) is 5.06. The average Bonchev–Trinajstić information content (AvgIpc) is 2.49. The summed E-state index contributed by atoms with van der Waals surface area (Å²) in [6, 6.07) is 13.4. The summed E-state index contributed by atoms with van der Waals surface area (Å²) in [5.41, 5.74) is 0.943. The summed E-state index contributed by atoms with van der Waals surface area (Å²) in [6.45, 7) is 1.33. The molecule has 2 aromatic rings. The number of benzene rings is 2. The van der Waals surface area contributed by atoms with E-state index in [0.717, 1.165) is 0 Å². The third-order valence-corrected chi connectivity index (χ3v) is 3.27. The number of halogens is 1. The first-order valence-electron chi connectivity index (χ1n) is 6.45. The fraction of sp³-hybridized carbons (Fsp3) is 0.0625. The van der Waals surface area contributed by atoms with Crippen LogP contribution in [0.25, 0.3) is 0 Å². The van der Waals surface area contributed by atoms with Crippen molar-refractivity contribution in [1.29, 1.82) is 0 Å². The molecule has 2 aromatic carbocycles. The molecule has 6 heteroatoms. The van der Waals surface area contributed by atoms with Crippen molar-refractivity contribution in [3.05, 3.63) is 58.6 Å². The molecule has 112 valence electrons. The molecule has 0 atom stereocenters. The van der Waals surface area contributed by atoms with Crippen molar-refractivity contribution in [2.24, 2.45) is 0 Å². The van der Waals surface area contributed by atoms with Crippen molar-refractivity contribution in [2.45, 2.75) is 6.92 Å². The molecule has 0 saturated heterocycles. The third kappa shape index (κ3) is 4.02. The second kappa shape index (κ2) is 7.00. The molecule has 5 nitrogen and oxygen atoms in total. The molecular formula is C16H13BrN2O3. The molecule has 0 aliphatic rings. The Balaban J connectivity index is 2.26. The van der Waals surface area contributed by atoms with Gasteiger partial charge in [-0.1, -0.05) is 34.1 Å². The highest BCUT2D eigenvalue weighted by atomic mass is 79.9. The summed E-state index contributed by atoms with van der Waals surface area (Å²) in [5.74, 6) is -1.82. The topological polar surface area (TPSA) is 75.3 Å². The Morgan fingerprint density at radius 1 is 0.955 bits per heavy atom. The van der Waals surface area contributed by atoms with Crippen LogP contribution in [-0.4, -0.2) is 17.6 Å². The summed E-state index contributed by atoms with van der Waals surface area (Å²) in [7, 11) is 0. The molecular weight excluding hydrogens is 348 g/mol. The number of ketones is 1. The van der Waals surface area contributed by atoms with Gasteiger partial charge in [-0.15, -0.1) is 0 Å². The maximum Gasteiger partial charge on any atom is 0.296 e. The van der Waals surface area contributed by atoms with Gasteiger partial charge < -0.3 is 10.6 Å². The number of carbonyl (C=O) groups excluding carboxylic acids is 3. The lowest BCUT2D eigenvalue weighted by Gasteiger charge is -2.10. The smallest absolute Gasteiger partial charge is 0.296 e. The highest BCUT2D eigenvalue weighted by Crippen LogP contribution is 2.22. The Kier molecular flexibility index (Phi) is 5.06. The van der Waals surface area contributed by atoms with Crippen molar-refractivity contribution < 1.29 is 14.4 Å². The van der Waals surface area contributed by atoms with E-state index in [1.807, 2.05) is 0 Å². The first kappa shape index (κ1) is 15.9. The predicted octanol–water partition coefficient (Wildman–Crippen LogP) is 3.23. The lowest BCUT2D eigenvalue weighted by molar-refractivity contribution is -0.114. The van der Waals surface area contributed by atoms with Gasteiger partial charge in [0, 0.05) is 17.1 Å². The zero-order valence-electron chi connectivity index (χ0n) is 11.7. The van der Waals surface area contributed by atoms with Crippen LogP contribution in [0.1, 0.15) is 17.3 Å². The monoisotopic (exact) mass is 360 g/mol. The van der Waals surface area contributed by atoms with E-state index in [4.69, 9.17) is 0 Å². The molecule has 2 amide bonds. The summed E-state index contributed by atoms with van der Waals surface area (Å²) in [6.07, 6.45) is 0. The Bertz CT molecular complexity index is 729. The predicted molar refractivity (Wildman–Crippen MR) is 87.8 cm³/mol. The minimum atomic E-state index is -0.768. The lowest BCUT2D eigenvalue weighted by Crippen LogP contribution is -2.24. The van der Waals surface area contributed by atoms with Crippen LogP contribution in [0.15, 0.2) is 53.0 Å². The minimum Gasteiger partial charge on any atom is -0.326 e. The fourth-order valence-electron chi connectivity index (χ4n) is 1.83. The second-order valence-electron chi connectivity index (χ2n) is 4.52. The molecule has 22 heavy (non-hydrogen) atoms. The number of anilines is 2. The molecule has 0 aliphatic carbocycles. The Hall–Kier alpha value is -2.47. The van der Waals surface area contributed by atoms with Crippen molar-refractivity contribution in [3.8, 4) is 0 Å². The number of Topliss-reactive ketones (excluding diaryl/α,β-unsaturated/α-hetero) is 1. The molecule has 0 bridgehead atoms. The maximum atomic E-state index is 12.3. The zero-order chi connectivity index (χ0) is 16.1. The van der Waals surface area contributed by atoms with Gasteiger partial charge in [0.2, 0.25) is 5.91 Å². The van der Waals surface area contributed by atoms with Crippen LogP contribution in [0.3, 0.4) is 0 Å². The van der Waals surface area contributed by atoms with E-state index < -0.39 is 11.7 Å². The third-order valence-electron chi connectivity index (χ3n) is 2.77. The van der Waals surface area contributed by atoms with Crippen LogP contribution in [0, 0.1) is 0 Å². The highest BCUT2D eigenvalue weighted by Gasteiger charge is 2.20. The number of para-hydroxylation sites is 1. The fourth-order valence-corrected chi connectivity index (χ4v) is 2.20. The van der Waals surface area contributed by atoms with Gasteiger partial charge >= 0.3 is 0 Å². The molecule has 0 unspecified atom stereocenters. The van der Waals surface area contributed by atoms with Crippen molar-refractivity contribution in [3.63, 3.8) is 0 Å². The second-order valence-corrected chi connectivity index (χ2v) is 5.44. The van der Waals surface area contributed by atoms with E-state index in [1.54, 1.807) is 42.5 Å². The minimum absolute atomic E-state index is 0.123. The Morgan fingerprint density at radius 3 is 2.27 bits per heavy atom. The van der Waals surface area contributed by atoms with E-state index >= 15 is 0 Å². The molecule has 0 aliphatic heterocycles. The average molecular weight is 361 g/mol. The van der Waals surface area contributed by atoms with E-state index in [1.165, 1.54) is 13.0 Å². The van der Waals surface area contributed by atoms with E-state index in [0.29, 0.717) is 15.8 Å². The van der Waals surface area contributed by atoms with Gasteiger partial charge in [-0.05, 0) is 30.3 Å². The number of rotatable bonds is 4. The molecule has 0 heterocycles. The van der Waals surface area contributed by atoms with Crippen LogP contribution < -0.4 is 10.6 Å². The Labute approximate surface area is 135 Å². The molecule has 0 saturated carbocycles. The van der Waals surface area contributed by atoms with Gasteiger partial charge in [-0.25, -0.2) is 0 Å².